The Balaban J connectivity index is 1.42. The molecule has 6 aliphatic rings. The average molecular weight is 640 g/mol. The molecule has 0 radical (unpaired) electrons. The molecule has 3 aliphatic heterocycles. The van der Waals surface area contributed by atoms with E-state index in [1.165, 1.54) is 6.92 Å². The number of carbonyl (C=O) groups is 3. The van der Waals surface area contributed by atoms with Crippen molar-refractivity contribution in [2.24, 2.45) is 16.7 Å². The standard InChI is InChI=1S/C35H45NO10/c1-20-23(38)17-35(40)30(45-31(39)22-9-7-6-8-10-22)28-33(5,12-11-24-34(28,19-42-24)46-21(2)37)29-27(26(20)32(35,3)4)43-25(44-29)18-36-13-15-41-16-14-36/h6-10,24-25,27-30,40H,11-19H2,1-5H3/t24-,25-,27-,28?,29-,30+,33-,34+,35-/m1/s1. The molecule has 1 unspecified atom stereocenters. The molecule has 7 rings (SSSR count). The first-order valence-electron chi connectivity index (χ1n) is 16.5. The van der Waals surface area contributed by atoms with Crippen LogP contribution >= 0.6 is 0 Å². The molecule has 1 aromatic rings. The van der Waals surface area contributed by atoms with Crippen LogP contribution < -0.4 is 0 Å². The zero-order valence-electron chi connectivity index (χ0n) is 27.3. The van der Waals surface area contributed by atoms with E-state index < -0.39 is 70.6 Å². The largest absolute Gasteiger partial charge is 0.455 e. The van der Waals surface area contributed by atoms with E-state index in [2.05, 4.69) is 11.8 Å². The van der Waals surface area contributed by atoms with Crippen LogP contribution in [0.1, 0.15) is 64.2 Å². The molecular formula is C35H45NO10. The molecule has 0 spiro atoms. The van der Waals surface area contributed by atoms with Crippen molar-refractivity contribution >= 4 is 17.7 Å². The highest BCUT2D eigenvalue weighted by atomic mass is 16.7. The number of esters is 2. The zero-order valence-corrected chi connectivity index (χ0v) is 27.3. The Hall–Kier alpha value is -2.67. The van der Waals surface area contributed by atoms with Gasteiger partial charge in [0.05, 0.1) is 37.4 Å². The van der Waals surface area contributed by atoms with E-state index in [4.69, 9.17) is 28.4 Å². The summed E-state index contributed by atoms with van der Waals surface area (Å²) in [7, 11) is 0. The fraction of sp³-hybridized carbons (Fsp3) is 0.686. The molecule has 250 valence electrons. The van der Waals surface area contributed by atoms with E-state index in [9.17, 15) is 19.5 Å². The lowest BCUT2D eigenvalue weighted by atomic mass is 9.45. The van der Waals surface area contributed by atoms with Gasteiger partial charge in [0.1, 0.15) is 23.9 Å². The smallest absolute Gasteiger partial charge is 0.338 e. The lowest BCUT2D eigenvalue weighted by Gasteiger charge is -2.67. The molecule has 11 nitrogen and oxygen atoms in total. The maximum Gasteiger partial charge on any atom is 0.338 e. The van der Waals surface area contributed by atoms with Crippen molar-refractivity contribution in [3.05, 3.63) is 47.0 Å². The fourth-order valence-corrected chi connectivity index (χ4v) is 9.46. The number of nitrogens with zero attached hydrogens (tertiary/aromatic N) is 1. The lowest BCUT2D eigenvalue weighted by Crippen LogP contribution is -2.79. The van der Waals surface area contributed by atoms with Crippen molar-refractivity contribution in [3.8, 4) is 0 Å². The number of fused-ring (bicyclic) bond motifs is 8. The Labute approximate surface area is 269 Å². The lowest BCUT2D eigenvalue weighted by molar-refractivity contribution is -0.344. The predicted molar refractivity (Wildman–Crippen MR) is 163 cm³/mol. The van der Waals surface area contributed by atoms with Gasteiger partial charge in [0.2, 0.25) is 0 Å². The molecule has 1 N–H and O–H groups in total. The summed E-state index contributed by atoms with van der Waals surface area (Å²) in [5.74, 6) is -2.18. The van der Waals surface area contributed by atoms with Gasteiger partial charge in [0, 0.05) is 43.8 Å². The fourth-order valence-electron chi connectivity index (χ4n) is 9.46. The minimum atomic E-state index is -1.88. The molecular weight excluding hydrogens is 594 g/mol. The third-order valence-corrected chi connectivity index (χ3v) is 11.9. The number of hydrogen-bond donors (Lipinski definition) is 1. The van der Waals surface area contributed by atoms with Crippen LogP contribution in [0, 0.1) is 16.7 Å². The predicted octanol–water partition coefficient (Wildman–Crippen LogP) is 2.83. The first-order valence-corrected chi connectivity index (χ1v) is 16.5. The molecule has 3 aliphatic carbocycles. The molecule has 9 atom stereocenters. The number of morpholine rings is 1. The average Bonchev–Trinajstić information content (AvgIpc) is 3.42. The molecule has 0 aromatic heterocycles. The van der Waals surface area contributed by atoms with Crippen LogP contribution in [0.2, 0.25) is 0 Å². The summed E-state index contributed by atoms with van der Waals surface area (Å²) in [6, 6.07) is 8.59. The van der Waals surface area contributed by atoms with E-state index in [1.807, 2.05) is 13.8 Å². The summed E-state index contributed by atoms with van der Waals surface area (Å²) in [5, 5.41) is 13.1. The number of aliphatic hydroxyl groups is 1. The van der Waals surface area contributed by atoms with Crippen LogP contribution in [0.4, 0.5) is 0 Å². The number of benzene rings is 1. The summed E-state index contributed by atoms with van der Waals surface area (Å²) >= 11 is 0. The Bertz CT molecular complexity index is 1440. The summed E-state index contributed by atoms with van der Waals surface area (Å²) < 4.78 is 38.0. The zero-order chi connectivity index (χ0) is 32.6. The maximum absolute atomic E-state index is 13.9. The molecule has 2 bridgehead atoms. The number of carbonyl (C=O) groups excluding carboxylic acids is 3. The van der Waals surface area contributed by atoms with Crippen molar-refractivity contribution in [3.63, 3.8) is 0 Å². The minimum Gasteiger partial charge on any atom is -0.455 e. The normalized spacial score (nSPS) is 41.7. The molecule has 3 saturated heterocycles. The van der Waals surface area contributed by atoms with Gasteiger partial charge in [-0.15, -0.1) is 0 Å². The number of hydrogen-bond acceptors (Lipinski definition) is 11. The van der Waals surface area contributed by atoms with Gasteiger partial charge in [-0.1, -0.05) is 39.0 Å². The molecule has 2 saturated carbocycles. The van der Waals surface area contributed by atoms with Crippen LogP contribution in [-0.2, 0) is 38.0 Å². The Morgan fingerprint density at radius 3 is 2.46 bits per heavy atom. The van der Waals surface area contributed by atoms with Crippen LogP contribution in [0.3, 0.4) is 0 Å². The first kappa shape index (κ1) is 31.9. The summed E-state index contributed by atoms with van der Waals surface area (Å²) in [5.41, 5.74) is -3.54. The minimum absolute atomic E-state index is 0.0680. The SMILES string of the molecule is CC(=O)O[C@@]12CO[C@@H]1CC[C@]1(C)C2[C@H](OC(=O)c2ccccc2)[C@]2(O)CC(=O)C(C)=C([C@H]3O[C@@H](CN4CCOCC4)O[C@H]31)C2(C)C. The van der Waals surface area contributed by atoms with Crippen molar-refractivity contribution in [2.75, 3.05) is 39.5 Å². The number of allylic oxidation sites excluding steroid dienone is 1. The Morgan fingerprint density at radius 1 is 1.09 bits per heavy atom. The second-order valence-electron chi connectivity index (χ2n) is 14.7. The number of ketones is 1. The molecule has 5 fully saturated rings. The van der Waals surface area contributed by atoms with Gasteiger partial charge in [-0.05, 0) is 43.0 Å². The van der Waals surface area contributed by atoms with Gasteiger partial charge in [0.25, 0.3) is 0 Å². The summed E-state index contributed by atoms with van der Waals surface area (Å²) in [6.45, 7) is 12.3. The van der Waals surface area contributed by atoms with E-state index in [0.29, 0.717) is 49.3 Å². The number of Topliss-reactive ketones (excluding diaryl/α,β-unsaturated/α-hetero) is 1. The molecule has 3 heterocycles. The highest BCUT2D eigenvalue weighted by molar-refractivity contribution is 5.98. The summed E-state index contributed by atoms with van der Waals surface area (Å²) in [4.78, 5) is 42.9. The Morgan fingerprint density at radius 2 is 1.80 bits per heavy atom. The topological polar surface area (TPSA) is 130 Å². The quantitative estimate of drug-likeness (QED) is 0.478. The van der Waals surface area contributed by atoms with Gasteiger partial charge in [-0.25, -0.2) is 4.79 Å². The van der Waals surface area contributed by atoms with Gasteiger partial charge in [-0.3, -0.25) is 14.5 Å². The van der Waals surface area contributed by atoms with E-state index in [1.54, 1.807) is 37.3 Å². The Kier molecular flexibility index (Phi) is 7.77. The maximum atomic E-state index is 13.9. The van der Waals surface area contributed by atoms with Crippen molar-refractivity contribution in [2.45, 2.75) is 95.8 Å². The second-order valence-corrected chi connectivity index (χ2v) is 14.7. The summed E-state index contributed by atoms with van der Waals surface area (Å²) in [6.07, 6.45) is -2.76. The van der Waals surface area contributed by atoms with Gasteiger partial charge in [-0.2, -0.15) is 0 Å². The molecule has 1 aromatic carbocycles. The van der Waals surface area contributed by atoms with Crippen molar-refractivity contribution < 1.29 is 47.9 Å². The van der Waals surface area contributed by atoms with Crippen molar-refractivity contribution in [1.29, 1.82) is 0 Å². The van der Waals surface area contributed by atoms with E-state index in [-0.39, 0.29) is 18.8 Å². The highest BCUT2D eigenvalue weighted by Gasteiger charge is 2.77. The van der Waals surface area contributed by atoms with E-state index in [0.717, 1.165) is 13.1 Å². The molecule has 0 amide bonds. The third kappa shape index (κ3) is 4.64. The number of ether oxygens (including phenoxy) is 6. The van der Waals surface area contributed by atoms with Crippen LogP contribution in [0.15, 0.2) is 41.5 Å². The van der Waals surface area contributed by atoms with Crippen molar-refractivity contribution in [1.82, 2.24) is 4.90 Å². The molecule has 46 heavy (non-hydrogen) atoms. The third-order valence-electron chi connectivity index (χ3n) is 11.9. The van der Waals surface area contributed by atoms with Crippen LogP contribution in [-0.4, -0.2) is 109 Å². The van der Waals surface area contributed by atoms with Gasteiger partial charge in [0.15, 0.2) is 17.7 Å². The van der Waals surface area contributed by atoms with Gasteiger partial charge < -0.3 is 33.5 Å². The number of rotatable bonds is 5. The van der Waals surface area contributed by atoms with Crippen LogP contribution in [0.5, 0.6) is 0 Å². The molecule has 11 heteroatoms. The highest BCUT2D eigenvalue weighted by Crippen LogP contribution is 2.66. The second kappa shape index (κ2) is 11.2. The first-order chi connectivity index (χ1) is 21.8. The van der Waals surface area contributed by atoms with Crippen LogP contribution in [0.25, 0.3) is 0 Å². The monoisotopic (exact) mass is 639 g/mol. The van der Waals surface area contributed by atoms with Gasteiger partial charge >= 0.3 is 11.9 Å². The van der Waals surface area contributed by atoms with E-state index >= 15 is 0 Å².